The van der Waals surface area contributed by atoms with Crippen LogP contribution in [0.4, 0.5) is 5.69 Å². The Morgan fingerprint density at radius 3 is 2.62 bits per heavy atom. The van der Waals surface area contributed by atoms with E-state index >= 15 is 0 Å². The third-order valence-electron chi connectivity index (χ3n) is 5.37. The van der Waals surface area contributed by atoms with Gasteiger partial charge in [0.05, 0.1) is 17.0 Å². The average Bonchev–Trinajstić information content (AvgIpc) is 3.53. The Morgan fingerprint density at radius 1 is 1.09 bits per heavy atom. The van der Waals surface area contributed by atoms with Crippen LogP contribution in [0.25, 0.3) is 0 Å². The number of nitrogens with zero attached hydrogens (tertiary/aromatic N) is 2. The molecule has 1 aromatic heterocycles. The summed E-state index contributed by atoms with van der Waals surface area (Å²) in [6.07, 6.45) is -0.0729. The molecule has 32 heavy (non-hydrogen) atoms. The van der Waals surface area contributed by atoms with Crippen LogP contribution in [0.5, 0.6) is 11.5 Å². The first-order chi connectivity index (χ1) is 15.5. The summed E-state index contributed by atoms with van der Waals surface area (Å²) in [6, 6.07) is 14.9. The van der Waals surface area contributed by atoms with Crippen molar-refractivity contribution in [1.82, 2.24) is 4.90 Å². The highest BCUT2D eigenvalue weighted by molar-refractivity contribution is 9.10. The SMILES string of the molecule is O=C1CC(N(Cc2ccc3c(c2)OCO3)C(=O)c2cccs2)C(=O)N1c1ccc(Br)cc1. The highest BCUT2D eigenvalue weighted by atomic mass is 79.9. The first kappa shape index (κ1) is 20.7. The zero-order valence-corrected chi connectivity index (χ0v) is 19.1. The topological polar surface area (TPSA) is 76.1 Å². The van der Waals surface area contributed by atoms with Crippen LogP contribution >= 0.6 is 27.3 Å². The molecule has 9 heteroatoms. The fraction of sp³-hybridized carbons (Fsp3) is 0.174. The summed E-state index contributed by atoms with van der Waals surface area (Å²) in [6.45, 7) is 0.305. The number of halogens is 1. The van der Waals surface area contributed by atoms with Crippen LogP contribution in [-0.4, -0.2) is 35.5 Å². The highest BCUT2D eigenvalue weighted by Crippen LogP contribution is 2.34. The second kappa shape index (κ2) is 8.40. The molecule has 0 saturated carbocycles. The van der Waals surface area contributed by atoms with Crippen molar-refractivity contribution in [2.75, 3.05) is 11.7 Å². The van der Waals surface area contributed by atoms with Crippen molar-refractivity contribution in [3.63, 3.8) is 0 Å². The Hall–Kier alpha value is -3.17. The minimum absolute atomic E-state index is 0.0729. The Kier molecular flexibility index (Phi) is 5.44. The van der Waals surface area contributed by atoms with Crippen LogP contribution in [0, 0.1) is 0 Å². The van der Waals surface area contributed by atoms with Gasteiger partial charge in [0.1, 0.15) is 6.04 Å². The van der Waals surface area contributed by atoms with E-state index in [1.807, 2.05) is 11.4 Å². The predicted molar refractivity (Wildman–Crippen MR) is 122 cm³/mol. The number of hydrogen-bond donors (Lipinski definition) is 0. The van der Waals surface area contributed by atoms with Crippen molar-refractivity contribution in [2.24, 2.45) is 0 Å². The van der Waals surface area contributed by atoms with Gasteiger partial charge in [-0.2, -0.15) is 0 Å². The van der Waals surface area contributed by atoms with Crippen molar-refractivity contribution in [3.8, 4) is 11.5 Å². The Bertz CT molecular complexity index is 1200. The van der Waals surface area contributed by atoms with Crippen molar-refractivity contribution in [1.29, 1.82) is 0 Å². The number of benzene rings is 2. The number of carbonyl (C=O) groups is 3. The quantitative estimate of drug-likeness (QED) is 0.478. The van der Waals surface area contributed by atoms with E-state index < -0.39 is 11.9 Å². The fourth-order valence-electron chi connectivity index (χ4n) is 3.82. The Labute approximate surface area is 196 Å². The fourth-order valence-corrected chi connectivity index (χ4v) is 4.77. The van der Waals surface area contributed by atoms with Crippen molar-refractivity contribution < 1.29 is 23.9 Å². The summed E-state index contributed by atoms with van der Waals surface area (Å²) in [7, 11) is 0. The smallest absolute Gasteiger partial charge is 0.264 e. The molecule has 1 atom stereocenters. The molecule has 0 N–H and O–H groups in total. The maximum Gasteiger partial charge on any atom is 0.264 e. The zero-order valence-electron chi connectivity index (χ0n) is 16.7. The van der Waals surface area contributed by atoms with E-state index in [9.17, 15) is 14.4 Å². The molecule has 0 bridgehead atoms. The van der Waals surface area contributed by atoms with Gasteiger partial charge in [-0.1, -0.05) is 28.1 Å². The molecule has 7 nitrogen and oxygen atoms in total. The Morgan fingerprint density at radius 2 is 1.88 bits per heavy atom. The number of anilines is 1. The average molecular weight is 513 g/mol. The summed E-state index contributed by atoms with van der Waals surface area (Å²) in [5, 5.41) is 1.81. The highest BCUT2D eigenvalue weighted by Gasteiger charge is 2.44. The lowest BCUT2D eigenvalue weighted by atomic mass is 10.1. The van der Waals surface area contributed by atoms with Gasteiger partial charge in [-0.3, -0.25) is 14.4 Å². The molecule has 2 aliphatic heterocycles. The van der Waals surface area contributed by atoms with Crippen LogP contribution in [0.2, 0.25) is 0 Å². The van der Waals surface area contributed by atoms with E-state index in [1.54, 1.807) is 48.5 Å². The van der Waals surface area contributed by atoms with E-state index in [0.29, 0.717) is 22.1 Å². The maximum atomic E-state index is 13.4. The van der Waals surface area contributed by atoms with Crippen LogP contribution in [0.15, 0.2) is 64.5 Å². The van der Waals surface area contributed by atoms with E-state index in [2.05, 4.69) is 15.9 Å². The number of carbonyl (C=O) groups excluding carboxylic acids is 3. The van der Waals surface area contributed by atoms with E-state index in [4.69, 9.17) is 9.47 Å². The van der Waals surface area contributed by atoms with Gasteiger partial charge in [0.25, 0.3) is 11.8 Å². The lowest BCUT2D eigenvalue weighted by Crippen LogP contribution is -2.44. The van der Waals surface area contributed by atoms with Gasteiger partial charge in [0.2, 0.25) is 12.7 Å². The van der Waals surface area contributed by atoms with Crippen molar-refractivity contribution >= 4 is 50.7 Å². The van der Waals surface area contributed by atoms with Gasteiger partial charge in [0.15, 0.2) is 11.5 Å². The normalized spacial score (nSPS) is 17.2. The number of hydrogen-bond acceptors (Lipinski definition) is 6. The predicted octanol–water partition coefficient (Wildman–Crippen LogP) is 4.21. The molecular weight excluding hydrogens is 496 g/mol. The summed E-state index contributed by atoms with van der Waals surface area (Å²) >= 11 is 4.66. The number of amides is 3. The van der Waals surface area contributed by atoms with Gasteiger partial charge in [-0.05, 0) is 53.4 Å². The molecule has 2 aliphatic rings. The molecule has 0 aliphatic carbocycles. The molecule has 1 saturated heterocycles. The van der Waals surface area contributed by atoms with Gasteiger partial charge < -0.3 is 14.4 Å². The molecule has 3 amide bonds. The number of fused-ring (bicyclic) bond motifs is 1. The number of rotatable bonds is 5. The molecule has 3 aromatic rings. The molecule has 162 valence electrons. The third-order valence-corrected chi connectivity index (χ3v) is 6.75. The minimum Gasteiger partial charge on any atom is -0.454 e. The van der Waals surface area contributed by atoms with Crippen LogP contribution in [-0.2, 0) is 16.1 Å². The lowest BCUT2D eigenvalue weighted by Gasteiger charge is -2.27. The summed E-state index contributed by atoms with van der Waals surface area (Å²) in [4.78, 5) is 42.7. The number of ether oxygens (including phenoxy) is 2. The molecule has 3 heterocycles. The zero-order chi connectivity index (χ0) is 22.2. The summed E-state index contributed by atoms with van der Waals surface area (Å²) in [5.74, 6) is 0.191. The van der Waals surface area contributed by atoms with Gasteiger partial charge in [0, 0.05) is 11.0 Å². The molecule has 1 fully saturated rings. The van der Waals surface area contributed by atoms with Gasteiger partial charge in [-0.15, -0.1) is 11.3 Å². The standard InChI is InChI=1S/C23H17BrN2O5S/c24-15-4-6-16(7-5-15)26-21(27)11-17(22(26)28)25(23(29)20-2-1-9-32-20)12-14-3-8-18-19(10-14)31-13-30-18/h1-10,17H,11-13H2. The first-order valence-electron chi connectivity index (χ1n) is 9.86. The lowest BCUT2D eigenvalue weighted by molar-refractivity contribution is -0.122. The van der Waals surface area contributed by atoms with Crippen LogP contribution in [0.1, 0.15) is 21.7 Å². The minimum atomic E-state index is -0.897. The second-order valence-corrected chi connectivity index (χ2v) is 9.23. The maximum absolute atomic E-state index is 13.4. The number of imide groups is 1. The van der Waals surface area contributed by atoms with E-state index in [0.717, 1.165) is 14.9 Å². The first-order valence-corrected chi connectivity index (χ1v) is 11.5. The van der Waals surface area contributed by atoms with Gasteiger partial charge in [-0.25, -0.2) is 4.90 Å². The Balaban J connectivity index is 1.47. The monoisotopic (exact) mass is 512 g/mol. The summed E-state index contributed by atoms with van der Waals surface area (Å²) in [5.41, 5.74) is 1.26. The van der Waals surface area contributed by atoms with Crippen LogP contribution in [0.3, 0.4) is 0 Å². The molecule has 2 aromatic carbocycles. The molecule has 0 spiro atoms. The summed E-state index contributed by atoms with van der Waals surface area (Å²) < 4.78 is 11.6. The van der Waals surface area contributed by atoms with Crippen molar-refractivity contribution in [3.05, 3.63) is 74.9 Å². The van der Waals surface area contributed by atoms with Crippen LogP contribution < -0.4 is 14.4 Å². The molecule has 1 unspecified atom stereocenters. The van der Waals surface area contributed by atoms with Gasteiger partial charge >= 0.3 is 0 Å². The third kappa shape index (κ3) is 3.78. The largest absolute Gasteiger partial charge is 0.454 e. The molecular formula is C23H17BrN2O5S. The molecule has 0 radical (unpaired) electrons. The van der Waals surface area contributed by atoms with E-state index in [1.165, 1.54) is 16.2 Å². The van der Waals surface area contributed by atoms with E-state index in [-0.39, 0.29) is 31.6 Å². The number of thiophene rings is 1. The second-order valence-electron chi connectivity index (χ2n) is 7.36. The van der Waals surface area contributed by atoms with Crippen molar-refractivity contribution in [2.45, 2.75) is 19.0 Å². The molecule has 5 rings (SSSR count).